The van der Waals surface area contributed by atoms with Gasteiger partial charge in [0.15, 0.2) is 17.5 Å². The number of thiophene rings is 2. The molecule has 4 nitrogen and oxygen atoms in total. The van der Waals surface area contributed by atoms with E-state index in [1.807, 2.05) is 83.3 Å². The zero-order chi connectivity index (χ0) is 33.5. The fourth-order valence-corrected chi connectivity index (χ4v) is 9.91. The molecule has 0 saturated carbocycles. The van der Waals surface area contributed by atoms with Crippen molar-refractivity contribution in [3.8, 4) is 39.9 Å². The Kier molecular flexibility index (Phi) is 6.26. The highest BCUT2D eigenvalue weighted by Crippen LogP contribution is 2.45. The first-order valence-corrected chi connectivity index (χ1v) is 18.6. The summed E-state index contributed by atoms with van der Waals surface area (Å²) in [5, 5.41) is 7.66. The molecule has 4 aromatic heterocycles. The van der Waals surface area contributed by atoms with E-state index >= 15 is 0 Å². The Morgan fingerprint density at radius 2 is 0.902 bits per heavy atom. The molecule has 0 atom stereocenters. The normalized spacial score (nSPS) is 11.9. The largest absolute Gasteiger partial charge is 0.309 e. The van der Waals surface area contributed by atoms with Crippen molar-refractivity contribution in [2.45, 2.75) is 0 Å². The van der Waals surface area contributed by atoms with Gasteiger partial charge in [0.05, 0.1) is 16.7 Å². The summed E-state index contributed by atoms with van der Waals surface area (Å²) in [6.07, 6.45) is 0. The second-order valence-corrected chi connectivity index (χ2v) is 15.0. The van der Waals surface area contributed by atoms with Gasteiger partial charge >= 0.3 is 0 Å². The van der Waals surface area contributed by atoms with Crippen LogP contribution in [0, 0.1) is 0 Å². The molecule has 0 aliphatic heterocycles. The van der Waals surface area contributed by atoms with Gasteiger partial charge in [-0.05, 0) is 42.5 Å². The van der Waals surface area contributed by atoms with E-state index in [-0.39, 0.29) is 0 Å². The van der Waals surface area contributed by atoms with Crippen LogP contribution in [-0.4, -0.2) is 19.5 Å². The van der Waals surface area contributed by atoms with Crippen molar-refractivity contribution < 1.29 is 0 Å². The van der Waals surface area contributed by atoms with Crippen molar-refractivity contribution in [2.24, 2.45) is 0 Å². The summed E-state index contributed by atoms with van der Waals surface area (Å²) < 4.78 is 7.55. The molecule has 0 aliphatic rings. The lowest BCUT2D eigenvalue weighted by atomic mass is 10.1. The third-order valence-corrected chi connectivity index (χ3v) is 12.1. The SMILES string of the molecule is c1ccc(-c2nc(-c3ccccc3)nc(-c3ccc4c(c3)sc3cc5sc6cccc(-n7c8ccccc8c8ccccc87)c6c5cc34)n2)cc1. The van der Waals surface area contributed by atoms with Gasteiger partial charge in [0, 0.05) is 67.8 Å². The highest BCUT2D eigenvalue weighted by molar-refractivity contribution is 7.28. The van der Waals surface area contributed by atoms with Crippen LogP contribution in [-0.2, 0) is 0 Å². The second-order valence-electron chi connectivity index (χ2n) is 12.8. The molecule has 0 N–H and O–H groups in total. The van der Waals surface area contributed by atoms with Crippen molar-refractivity contribution >= 4 is 84.8 Å². The quantitative estimate of drug-likeness (QED) is 0.185. The standard InChI is InChI=1S/C45H26N4S2/c1-3-12-27(13-4-1)43-46-44(28-14-5-2-6-15-28)48-45(47-43)29-22-23-32-33-25-34-41(26-40(33)51-39(32)24-29)50-38-21-11-20-37(42(34)38)49-35-18-9-7-16-30(35)31-17-8-10-19-36(31)49/h1-26H. The minimum Gasteiger partial charge on any atom is -0.309 e. The number of fused-ring (bicyclic) bond motifs is 9. The molecule has 51 heavy (non-hydrogen) atoms. The smallest absolute Gasteiger partial charge is 0.164 e. The molecule has 11 aromatic rings. The molecule has 0 radical (unpaired) electrons. The zero-order valence-corrected chi connectivity index (χ0v) is 28.7. The van der Waals surface area contributed by atoms with E-state index in [1.54, 1.807) is 0 Å². The Labute approximate surface area is 300 Å². The number of rotatable bonds is 4. The van der Waals surface area contributed by atoms with Crippen molar-refractivity contribution in [1.82, 2.24) is 19.5 Å². The summed E-state index contributed by atoms with van der Waals surface area (Å²) in [6, 6.07) is 56.0. The van der Waals surface area contributed by atoms with Crippen LogP contribution >= 0.6 is 22.7 Å². The third-order valence-electron chi connectivity index (χ3n) is 9.85. The van der Waals surface area contributed by atoms with Crippen molar-refractivity contribution in [3.05, 3.63) is 158 Å². The van der Waals surface area contributed by atoms with Gasteiger partial charge in [-0.2, -0.15) is 0 Å². The van der Waals surface area contributed by atoms with E-state index in [2.05, 4.69) is 102 Å². The molecule has 0 unspecified atom stereocenters. The van der Waals surface area contributed by atoms with E-state index < -0.39 is 0 Å². The van der Waals surface area contributed by atoms with Gasteiger partial charge in [-0.1, -0.05) is 115 Å². The molecule has 0 fully saturated rings. The Bertz CT molecular complexity index is 3030. The van der Waals surface area contributed by atoms with Crippen LogP contribution in [0.15, 0.2) is 158 Å². The summed E-state index contributed by atoms with van der Waals surface area (Å²) in [7, 11) is 0. The van der Waals surface area contributed by atoms with Gasteiger partial charge in [-0.15, -0.1) is 22.7 Å². The van der Waals surface area contributed by atoms with Crippen LogP contribution in [0.1, 0.15) is 0 Å². The maximum absolute atomic E-state index is 4.99. The summed E-state index contributed by atoms with van der Waals surface area (Å²) in [6.45, 7) is 0. The minimum absolute atomic E-state index is 0.669. The Morgan fingerprint density at radius 1 is 0.353 bits per heavy atom. The first kappa shape index (κ1) is 28.6. The summed E-state index contributed by atoms with van der Waals surface area (Å²) >= 11 is 3.71. The van der Waals surface area contributed by atoms with Gasteiger partial charge < -0.3 is 4.57 Å². The zero-order valence-electron chi connectivity index (χ0n) is 27.1. The molecule has 11 rings (SSSR count). The lowest BCUT2D eigenvalue weighted by molar-refractivity contribution is 1.07. The van der Waals surface area contributed by atoms with Crippen molar-refractivity contribution in [1.29, 1.82) is 0 Å². The molecule has 0 spiro atoms. The minimum atomic E-state index is 0.669. The molecule has 0 saturated heterocycles. The summed E-state index contributed by atoms with van der Waals surface area (Å²) in [5.74, 6) is 2.01. The maximum Gasteiger partial charge on any atom is 0.164 e. The molecule has 0 bridgehead atoms. The second kappa shape index (κ2) is 11.2. The molecule has 0 aliphatic carbocycles. The number of hydrogen-bond acceptors (Lipinski definition) is 5. The van der Waals surface area contributed by atoms with Gasteiger partial charge in [0.2, 0.25) is 0 Å². The predicted octanol–water partition coefficient (Wildman–Crippen LogP) is 12.7. The predicted molar refractivity (Wildman–Crippen MR) is 216 cm³/mol. The molecular formula is C45H26N4S2. The summed E-state index contributed by atoms with van der Waals surface area (Å²) in [4.78, 5) is 14.9. The van der Waals surface area contributed by atoms with Gasteiger partial charge in [0.1, 0.15) is 0 Å². The highest BCUT2D eigenvalue weighted by Gasteiger charge is 2.19. The Hall–Kier alpha value is -6.21. The topological polar surface area (TPSA) is 43.6 Å². The van der Waals surface area contributed by atoms with Crippen LogP contribution < -0.4 is 0 Å². The van der Waals surface area contributed by atoms with E-state index in [9.17, 15) is 0 Å². The van der Waals surface area contributed by atoms with E-state index in [0.29, 0.717) is 17.5 Å². The van der Waals surface area contributed by atoms with Crippen molar-refractivity contribution in [2.75, 3.05) is 0 Å². The third kappa shape index (κ3) is 4.47. The molecule has 7 aromatic carbocycles. The number of hydrogen-bond donors (Lipinski definition) is 0. The van der Waals surface area contributed by atoms with Gasteiger partial charge in [-0.25, -0.2) is 15.0 Å². The molecular weight excluding hydrogens is 661 g/mol. The summed E-state index contributed by atoms with van der Waals surface area (Å²) in [5.41, 5.74) is 6.58. The van der Waals surface area contributed by atoms with Gasteiger partial charge in [-0.3, -0.25) is 0 Å². The van der Waals surface area contributed by atoms with Crippen LogP contribution in [0.25, 0.3) is 102 Å². The Morgan fingerprint density at radius 3 is 1.57 bits per heavy atom. The fraction of sp³-hybridized carbons (Fsp3) is 0. The lowest BCUT2D eigenvalue weighted by Crippen LogP contribution is -1.99. The van der Waals surface area contributed by atoms with E-state index in [4.69, 9.17) is 15.0 Å². The van der Waals surface area contributed by atoms with Crippen molar-refractivity contribution in [3.63, 3.8) is 0 Å². The fourth-order valence-electron chi connectivity index (χ4n) is 7.52. The molecule has 238 valence electrons. The average molecular weight is 687 g/mol. The van der Waals surface area contributed by atoms with E-state index in [1.165, 1.54) is 67.8 Å². The number of benzene rings is 7. The first-order chi connectivity index (χ1) is 25.3. The maximum atomic E-state index is 4.99. The molecule has 6 heteroatoms. The van der Waals surface area contributed by atoms with Crippen LogP contribution in [0.3, 0.4) is 0 Å². The van der Waals surface area contributed by atoms with Crippen LogP contribution in [0.2, 0.25) is 0 Å². The van der Waals surface area contributed by atoms with Crippen LogP contribution in [0.4, 0.5) is 0 Å². The molecule has 4 heterocycles. The highest BCUT2D eigenvalue weighted by atomic mass is 32.1. The van der Waals surface area contributed by atoms with Crippen LogP contribution in [0.5, 0.6) is 0 Å². The average Bonchev–Trinajstić information content (AvgIpc) is 3.86. The Balaban J connectivity index is 1.10. The number of nitrogens with zero attached hydrogens (tertiary/aromatic N) is 4. The number of para-hydroxylation sites is 2. The molecule has 0 amide bonds. The van der Waals surface area contributed by atoms with E-state index in [0.717, 1.165) is 16.7 Å². The number of aromatic nitrogens is 4. The monoisotopic (exact) mass is 686 g/mol. The first-order valence-electron chi connectivity index (χ1n) is 16.9. The van der Waals surface area contributed by atoms with Gasteiger partial charge in [0.25, 0.3) is 0 Å². The lowest BCUT2D eigenvalue weighted by Gasteiger charge is -2.10.